The summed E-state index contributed by atoms with van der Waals surface area (Å²) >= 11 is 0. The van der Waals surface area contributed by atoms with E-state index in [0.717, 1.165) is 25.7 Å². The SMILES string of the molecule is CC(C)COC(=O)[C@@H](C(C)NC(=O)NCCCCCCCc1ccc(-c2ccccc2)cc1)[N+](C)(C)C.O=C[O-]. The van der Waals surface area contributed by atoms with Crippen LogP contribution in [0.2, 0.25) is 0 Å². The van der Waals surface area contributed by atoms with Crippen LogP contribution in [-0.4, -0.2) is 69.3 Å². The standard InChI is InChI=1S/C31H47N3O3.CH2O2/c1-24(2)23-37-30(35)29(34(4,5)6)25(3)33-31(36)32-22-14-9-7-8-11-15-26-18-20-28(21-19-26)27-16-12-10-13-17-27;2-1-3/h10,12-13,16-21,24-25,29H,7-9,11,14-15,22-23H2,1-6H3,(H-,32,33,36);1H,(H,2,3)/t25?,29-;/m1./s1. The lowest BCUT2D eigenvalue weighted by molar-refractivity contribution is -0.888. The van der Waals surface area contributed by atoms with Gasteiger partial charge in [-0.2, -0.15) is 0 Å². The van der Waals surface area contributed by atoms with Crippen molar-refractivity contribution in [2.45, 2.75) is 71.4 Å². The van der Waals surface area contributed by atoms with E-state index in [1.54, 1.807) is 0 Å². The second kappa shape index (κ2) is 18.8. The number of ether oxygens (including phenoxy) is 1. The molecule has 40 heavy (non-hydrogen) atoms. The van der Waals surface area contributed by atoms with Gasteiger partial charge in [-0.1, -0.05) is 87.7 Å². The normalized spacial score (nSPS) is 12.5. The average molecular weight is 556 g/mol. The second-order valence-corrected chi connectivity index (χ2v) is 11.5. The number of rotatable bonds is 15. The van der Waals surface area contributed by atoms with Gasteiger partial charge >= 0.3 is 12.0 Å². The average Bonchev–Trinajstić information content (AvgIpc) is 2.89. The van der Waals surface area contributed by atoms with Gasteiger partial charge in [0.1, 0.15) is 0 Å². The van der Waals surface area contributed by atoms with Crippen LogP contribution >= 0.6 is 0 Å². The lowest BCUT2D eigenvalue weighted by atomic mass is 10.0. The number of benzene rings is 2. The van der Waals surface area contributed by atoms with Crippen molar-refractivity contribution in [1.82, 2.24) is 10.6 Å². The molecule has 2 aromatic rings. The highest BCUT2D eigenvalue weighted by atomic mass is 16.5. The lowest BCUT2D eigenvalue weighted by Crippen LogP contribution is -2.61. The number of hydrogen-bond acceptors (Lipinski definition) is 5. The van der Waals surface area contributed by atoms with Crippen LogP contribution in [0.15, 0.2) is 54.6 Å². The van der Waals surface area contributed by atoms with Crippen molar-refractivity contribution in [3.63, 3.8) is 0 Å². The van der Waals surface area contributed by atoms with Gasteiger partial charge in [-0.15, -0.1) is 0 Å². The van der Waals surface area contributed by atoms with Gasteiger partial charge in [-0.3, -0.25) is 0 Å². The second-order valence-electron chi connectivity index (χ2n) is 11.5. The molecule has 0 aliphatic heterocycles. The molecule has 1 unspecified atom stereocenters. The van der Waals surface area contributed by atoms with Crippen molar-refractivity contribution in [3.05, 3.63) is 60.2 Å². The highest BCUT2D eigenvalue weighted by Crippen LogP contribution is 2.20. The van der Waals surface area contributed by atoms with Crippen molar-refractivity contribution in [3.8, 4) is 11.1 Å². The van der Waals surface area contributed by atoms with Crippen LogP contribution < -0.4 is 15.7 Å². The quantitative estimate of drug-likeness (QED) is 0.148. The Kier molecular flexibility index (Phi) is 16.3. The minimum absolute atomic E-state index is 0.235. The van der Waals surface area contributed by atoms with Gasteiger partial charge < -0.3 is 29.8 Å². The third-order valence-electron chi connectivity index (χ3n) is 6.46. The molecule has 2 rings (SSSR count). The molecule has 222 valence electrons. The number of hydrogen-bond donors (Lipinski definition) is 2. The molecule has 0 radical (unpaired) electrons. The summed E-state index contributed by atoms with van der Waals surface area (Å²) in [5.74, 6) is -0.00348. The molecule has 0 saturated carbocycles. The summed E-state index contributed by atoms with van der Waals surface area (Å²) in [5, 5.41) is 14.1. The zero-order valence-corrected chi connectivity index (χ0v) is 25.2. The number of nitrogens with zero attached hydrogens (tertiary/aromatic N) is 1. The van der Waals surface area contributed by atoms with E-state index in [1.807, 2.05) is 48.0 Å². The van der Waals surface area contributed by atoms with Crippen molar-refractivity contribution >= 4 is 18.5 Å². The molecule has 2 amide bonds. The zero-order chi connectivity index (χ0) is 30.0. The third kappa shape index (κ3) is 14.1. The number of amides is 2. The molecule has 8 heteroatoms. The highest BCUT2D eigenvalue weighted by Gasteiger charge is 2.39. The monoisotopic (exact) mass is 555 g/mol. The zero-order valence-electron chi connectivity index (χ0n) is 25.2. The lowest BCUT2D eigenvalue weighted by Gasteiger charge is -2.36. The Labute approximate surface area is 240 Å². The first-order valence-electron chi connectivity index (χ1n) is 14.2. The Balaban J connectivity index is 0.00000254. The van der Waals surface area contributed by atoms with Crippen LogP contribution in [0, 0.1) is 5.92 Å². The predicted molar refractivity (Wildman–Crippen MR) is 158 cm³/mol. The van der Waals surface area contributed by atoms with Gasteiger partial charge in [0.05, 0.1) is 33.8 Å². The number of nitrogens with one attached hydrogen (secondary N) is 2. The van der Waals surface area contributed by atoms with Crippen LogP contribution in [0.3, 0.4) is 0 Å². The summed E-state index contributed by atoms with van der Waals surface area (Å²) in [6.07, 6.45) is 6.66. The Morgan fingerprint density at radius 2 is 1.43 bits per heavy atom. The number of unbranched alkanes of at least 4 members (excludes halogenated alkanes) is 4. The first-order valence-corrected chi connectivity index (χ1v) is 14.2. The number of esters is 1. The van der Waals surface area contributed by atoms with E-state index in [2.05, 4.69) is 59.2 Å². The van der Waals surface area contributed by atoms with Crippen LogP contribution in [0.1, 0.15) is 58.4 Å². The molecule has 8 nitrogen and oxygen atoms in total. The van der Waals surface area contributed by atoms with Crippen LogP contribution in [0.5, 0.6) is 0 Å². The first kappa shape index (κ1) is 34.6. The number of urea groups is 1. The minimum atomic E-state index is -0.500. The summed E-state index contributed by atoms with van der Waals surface area (Å²) in [7, 11) is 5.82. The maximum absolute atomic E-state index is 12.7. The van der Waals surface area contributed by atoms with Crippen molar-refractivity contribution in [2.75, 3.05) is 34.3 Å². The molecule has 2 N–H and O–H groups in total. The number of aryl methyl sites for hydroxylation is 1. The van der Waals surface area contributed by atoms with E-state index in [0.29, 0.717) is 17.6 Å². The third-order valence-corrected chi connectivity index (χ3v) is 6.46. The first-order chi connectivity index (χ1) is 19.0. The summed E-state index contributed by atoms with van der Waals surface area (Å²) in [4.78, 5) is 33.3. The van der Waals surface area contributed by atoms with E-state index in [4.69, 9.17) is 14.6 Å². The number of carbonyl (C=O) groups excluding carboxylic acids is 3. The van der Waals surface area contributed by atoms with Crippen LogP contribution in [-0.2, 0) is 20.7 Å². The molecule has 2 atom stereocenters. The van der Waals surface area contributed by atoms with E-state index in [1.165, 1.54) is 29.5 Å². The summed E-state index contributed by atoms with van der Waals surface area (Å²) < 4.78 is 5.85. The molecule has 0 saturated heterocycles. The Hall–Kier alpha value is -3.39. The van der Waals surface area contributed by atoms with Crippen molar-refractivity contribution in [2.24, 2.45) is 5.92 Å². The van der Waals surface area contributed by atoms with Gasteiger partial charge in [0.15, 0.2) is 0 Å². The van der Waals surface area contributed by atoms with Gasteiger partial charge in [-0.05, 0) is 48.8 Å². The van der Waals surface area contributed by atoms with Crippen LogP contribution in [0.25, 0.3) is 11.1 Å². The molecule has 0 aromatic heterocycles. The molecule has 0 bridgehead atoms. The smallest absolute Gasteiger partial charge is 0.367 e. The van der Waals surface area contributed by atoms with Crippen LogP contribution in [0.4, 0.5) is 4.79 Å². The number of carboxylic acid groups (broad SMARTS) is 1. The summed E-state index contributed by atoms with van der Waals surface area (Å²) in [6, 6.07) is 18.3. The van der Waals surface area contributed by atoms with Gasteiger partial charge in [0.25, 0.3) is 0 Å². The molecule has 0 aliphatic rings. The molecular formula is C32H49N3O5. The number of carbonyl (C=O) groups is 3. The van der Waals surface area contributed by atoms with Gasteiger partial charge in [0, 0.05) is 13.0 Å². The van der Waals surface area contributed by atoms with Crippen molar-refractivity contribution < 1.29 is 28.7 Å². The topological polar surface area (TPSA) is 108 Å². The molecule has 0 heterocycles. The Bertz CT molecular complexity index is 988. The maximum Gasteiger partial charge on any atom is 0.367 e. The minimum Gasteiger partial charge on any atom is -0.554 e. The Morgan fingerprint density at radius 1 is 0.875 bits per heavy atom. The largest absolute Gasteiger partial charge is 0.554 e. The maximum atomic E-state index is 12.7. The Morgan fingerprint density at radius 3 is 2.00 bits per heavy atom. The predicted octanol–water partition coefficient (Wildman–Crippen LogP) is 4.17. The van der Waals surface area contributed by atoms with E-state index < -0.39 is 12.5 Å². The van der Waals surface area contributed by atoms with Gasteiger partial charge in [0.2, 0.25) is 6.04 Å². The fourth-order valence-corrected chi connectivity index (χ4v) is 4.54. The molecule has 0 spiro atoms. The fraction of sp³-hybridized carbons (Fsp3) is 0.531. The highest BCUT2D eigenvalue weighted by molar-refractivity contribution is 5.78. The van der Waals surface area contributed by atoms with E-state index in [-0.39, 0.29) is 24.0 Å². The number of quaternary nitrogens is 1. The molecule has 0 fully saturated rings. The summed E-state index contributed by atoms with van der Waals surface area (Å²) in [5.41, 5.74) is 3.89. The molecular weight excluding hydrogens is 506 g/mol. The number of likely N-dealkylation sites (N-methyl/N-ethyl adjacent to an activating group) is 1. The van der Waals surface area contributed by atoms with E-state index in [9.17, 15) is 9.59 Å². The van der Waals surface area contributed by atoms with Crippen molar-refractivity contribution in [1.29, 1.82) is 0 Å². The van der Waals surface area contributed by atoms with E-state index >= 15 is 0 Å². The summed E-state index contributed by atoms with van der Waals surface area (Å²) in [6.45, 7) is 6.39. The molecule has 2 aromatic carbocycles. The van der Waals surface area contributed by atoms with Gasteiger partial charge in [-0.25, -0.2) is 9.59 Å². The fourth-order valence-electron chi connectivity index (χ4n) is 4.54. The molecule has 0 aliphatic carbocycles.